The average molecular weight is 1690 g/mol. The number of nitrogens with one attached hydrogen (secondary N) is 1. The van der Waals surface area contributed by atoms with E-state index in [0.29, 0.717) is 101 Å². The van der Waals surface area contributed by atoms with Crippen LogP contribution in [0.5, 0.6) is 5.75 Å². The van der Waals surface area contributed by atoms with Crippen molar-refractivity contribution in [2.75, 3.05) is 82.4 Å². The number of halogens is 1. The summed E-state index contributed by atoms with van der Waals surface area (Å²) >= 11 is 3.43. The van der Waals surface area contributed by atoms with Crippen LogP contribution < -0.4 is 33.0 Å². The van der Waals surface area contributed by atoms with Crippen molar-refractivity contribution in [2.45, 2.75) is 85.4 Å². The average Bonchev–Trinajstić information content (AvgIpc) is 1.62. The van der Waals surface area contributed by atoms with E-state index in [9.17, 15) is 14.4 Å². The number of terminal acetylenes is 1. The Morgan fingerprint density at radius 2 is 0.779 bits per heavy atom. The number of anilines is 4. The quantitative estimate of drug-likeness (QED) is 0.0627. The van der Waals surface area contributed by atoms with Crippen molar-refractivity contribution in [3.8, 4) is 53.6 Å². The number of ether oxygens (including phenoxy) is 3. The van der Waals surface area contributed by atoms with Gasteiger partial charge < -0.3 is 57.2 Å². The molecule has 14 aromatic rings. The lowest BCUT2D eigenvalue weighted by Gasteiger charge is -2.37. The van der Waals surface area contributed by atoms with Gasteiger partial charge in [0.25, 0.3) is 0 Å². The van der Waals surface area contributed by atoms with Crippen molar-refractivity contribution < 1.29 is 28.6 Å². The standard InChI is InChI=1S/C27H25N5O2.C22H21N5O.C19H19N5.C17H16BrN5O2.C10H10O/c1-18-12-19(2)14-21(13-18)8-9-23-24-25(28)29-10-11-32(24)26(30-23)22-15-31(16-22)27(33)34-17-20-6-4-3-5-7-20;1-4-19(28)26-12-17(13-26)22-25-18(20-21(23)24-7-8-27(20)22)6-5-16-10-14(2)9-15(3)11-16;1-12-7-13(2)9-14(8-12)3-4-16-17-18(20)22-5-6-24(17)19(23-16)15-10-21-11-15;18-14-13-15(19)20-6-7-23(13)16(21-14)12-8-22(9-12)17(24)25-10-11-4-2-1-3-5-11;1-4-9-5-8(2)6-10(7-9)11-3/h3-7,10-14,22H,15-17H2,1-2H3,(H2,28,29);4,7-11,17H,1,12-13H2,2-3H3,(H2,23,24);5-9,15,21H,10-11H2,1-2H3,(H2,20,22);1-7,12H,8-10H2,(H2,19,20);1,5-7H,2-3H3. The van der Waals surface area contributed by atoms with E-state index >= 15 is 0 Å². The summed E-state index contributed by atoms with van der Waals surface area (Å²) in [4.78, 5) is 77.0. The predicted molar refractivity (Wildman–Crippen MR) is 476 cm³/mol. The number of nitrogens with zero attached hydrogens (tertiary/aromatic N) is 15. The molecule has 4 aliphatic heterocycles. The molecule has 8 aromatic heterocycles. The minimum Gasteiger partial charge on any atom is -0.497 e. The maximum atomic E-state index is 12.4. The Balaban J connectivity index is 0.000000128. The van der Waals surface area contributed by atoms with E-state index < -0.39 is 0 Å². The summed E-state index contributed by atoms with van der Waals surface area (Å²) in [6, 6.07) is 43.7. The first-order chi connectivity index (χ1) is 58.9. The maximum Gasteiger partial charge on any atom is 0.410 e. The van der Waals surface area contributed by atoms with Crippen LogP contribution in [0.4, 0.5) is 32.9 Å². The fourth-order valence-corrected chi connectivity index (χ4v) is 15.4. The summed E-state index contributed by atoms with van der Waals surface area (Å²) in [5, 5.41) is 3.28. The number of carbonyl (C=O) groups excluding carboxylic acids is 3. The SMILES string of the molecule is C#Cc1cc(C)cc(OC)c1.C=CC(=O)N1CC(c2nc(C#Cc3cc(C)cc(C)c3)c3c(N)nccn23)C1.Cc1cc(C)cc(C#Cc2nc(C3CN(C(=O)OCc4ccccc4)C3)n3ccnc(N)c23)c1.Cc1cc(C)cc(C#Cc2nc(C3CNC3)n3ccnc(N)c23)c1.Nc1nccn2c(C3CN(C(=O)OCc4ccccc4)C3)nc(Br)c12. The molecule has 0 atom stereocenters. The van der Waals surface area contributed by atoms with Gasteiger partial charge in [0, 0.05) is 130 Å². The number of rotatable bonds is 10. The molecule has 6 aromatic carbocycles. The number of amides is 3. The summed E-state index contributed by atoms with van der Waals surface area (Å²) in [6.07, 6.45) is 20.0. The van der Waals surface area contributed by atoms with Crippen LogP contribution in [0.2, 0.25) is 0 Å². The molecule has 27 heteroatoms. The Morgan fingerprint density at radius 3 is 1.12 bits per heavy atom. The van der Waals surface area contributed by atoms with Gasteiger partial charge in [-0.1, -0.05) is 109 Å². The lowest BCUT2D eigenvalue weighted by atomic mass is 9.99. The van der Waals surface area contributed by atoms with E-state index in [1.165, 1.54) is 28.3 Å². The molecule has 4 saturated heterocycles. The van der Waals surface area contributed by atoms with E-state index in [-0.39, 0.29) is 49.1 Å². The summed E-state index contributed by atoms with van der Waals surface area (Å²) in [5.41, 5.74) is 43.0. The van der Waals surface area contributed by atoms with Crippen molar-refractivity contribution in [1.82, 2.24) is 77.5 Å². The van der Waals surface area contributed by atoms with Crippen LogP contribution in [-0.2, 0) is 27.5 Å². The van der Waals surface area contributed by atoms with E-state index in [1.807, 2.05) is 152 Å². The number of nitrogens with two attached hydrogens (primary N) is 4. The minimum atomic E-state index is -0.322. The minimum absolute atomic E-state index is 0.0619. The van der Waals surface area contributed by atoms with Gasteiger partial charge in [-0.3, -0.25) is 22.4 Å². The van der Waals surface area contributed by atoms with E-state index in [0.717, 1.165) is 103 Å². The lowest BCUT2D eigenvalue weighted by molar-refractivity contribution is -0.130. The zero-order valence-electron chi connectivity index (χ0n) is 68.9. The van der Waals surface area contributed by atoms with Crippen molar-refractivity contribution in [3.05, 3.63) is 313 Å². The molecule has 0 aliphatic carbocycles. The second-order valence-corrected chi connectivity index (χ2v) is 31.1. The third-order valence-corrected chi connectivity index (χ3v) is 21.3. The molecule has 614 valence electrons. The Bertz CT molecular complexity index is 6490. The maximum absolute atomic E-state index is 12.4. The number of carbonyl (C=O) groups is 3. The van der Waals surface area contributed by atoms with Crippen molar-refractivity contribution in [2.24, 2.45) is 0 Å². The number of likely N-dealkylation sites (tertiary alicyclic amines) is 3. The van der Waals surface area contributed by atoms with Gasteiger partial charge in [-0.25, -0.2) is 49.5 Å². The molecule has 0 unspecified atom stereocenters. The van der Waals surface area contributed by atoms with Gasteiger partial charge in [-0.2, -0.15) is 0 Å². The number of fused-ring (bicyclic) bond motifs is 4. The monoisotopic (exact) mass is 1690 g/mol. The van der Waals surface area contributed by atoms with E-state index in [1.54, 1.807) is 46.6 Å². The number of aryl methyl sites for hydroxylation is 7. The summed E-state index contributed by atoms with van der Waals surface area (Å²) in [7, 11) is 1.63. The summed E-state index contributed by atoms with van der Waals surface area (Å²) in [6.45, 7) is 23.7. The number of aromatic nitrogens is 12. The fourth-order valence-electron chi connectivity index (χ4n) is 14.8. The molecule has 4 fully saturated rings. The third-order valence-electron chi connectivity index (χ3n) is 20.8. The molecule has 3 amide bonds. The van der Waals surface area contributed by atoms with Crippen LogP contribution in [0.3, 0.4) is 0 Å². The molecule has 0 saturated carbocycles. The highest BCUT2D eigenvalue weighted by molar-refractivity contribution is 9.10. The normalized spacial score (nSPS) is 13.4. The first-order valence-corrected chi connectivity index (χ1v) is 40.4. The van der Waals surface area contributed by atoms with Crippen LogP contribution >= 0.6 is 15.9 Å². The van der Waals surface area contributed by atoms with Crippen LogP contribution in [0, 0.1) is 96.3 Å². The molecule has 0 spiro atoms. The van der Waals surface area contributed by atoms with Gasteiger partial charge in [0.2, 0.25) is 5.91 Å². The molecule has 122 heavy (non-hydrogen) atoms. The van der Waals surface area contributed by atoms with Gasteiger partial charge in [-0.15, -0.1) is 6.42 Å². The smallest absolute Gasteiger partial charge is 0.410 e. The van der Waals surface area contributed by atoms with Gasteiger partial charge >= 0.3 is 12.2 Å². The molecule has 26 nitrogen and oxygen atoms in total. The highest BCUT2D eigenvalue weighted by Crippen LogP contribution is 2.35. The Labute approximate surface area is 715 Å². The van der Waals surface area contributed by atoms with Gasteiger partial charge in [0.1, 0.15) is 86.0 Å². The van der Waals surface area contributed by atoms with Crippen LogP contribution in [-0.4, -0.2) is 150 Å². The fraction of sp³-hybridized carbons (Fsp3) is 0.232. The number of hydrogen-bond donors (Lipinski definition) is 5. The van der Waals surface area contributed by atoms with E-state index in [4.69, 9.17) is 58.5 Å². The van der Waals surface area contributed by atoms with E-state index in [2.05, 4.69) is 166 Å². The Morgan fingerprint density at radius 1 is 0.451 bits per heavy atom. The van der Waals surface area contributed by atoms with Crippen molar-refractivity contribution in [3.63, 3.8) is 0 Å². The van der Waals surface area contributed by atoms with Crippen LogP contribution in [0.25, 0.3) is 22.1 Å². The van der Waals surface area contributed by atoms with Crippen LogP contribution in [0.15, 0.2) is 200 Å². The summed E-state index contributed by atoms with van der Waals surface area (Å²) in [5.74, 6) is 28.5. The molecule has 12 heterocycles. The zero-order valence-corrected chi connectivity index (χ0v) is 70.5. The Hall–Kier alpha value is -14.8. The molecule has 9 N–H and O–H groups in total. The first-order valence-electron chi connectivity index (χ1n) is 39.6. The number of nitrogen functional groups attached to an aromatic ring is 4. The highest BCUT2D eigenvalue weighted by Gasteiger charge is 2.39. The highest BCUT2D eigenvalue weighted by atomic mass is 79.9. The second kappa shape index (κ2) is 37.5. The van der Waals surface area contributed by atoms with Gasteiger partial charge in [-0.05, 0) is 193 Å². The zero-order chi connectivity index (χ0) is 85.8. The lowest BCUT2D eigenvalue weighted by Crippen LogP contribution is -2.49. The Kier molecular flexibility index (Phi) is 25.7. The number of methoxy groups -OCH3 is 1. The predicted octanol–water partition coefficient (Wildman–Crippen LogP) is 13.3. The summed E-state index contributed by atoms with van der Waals surface area (Å²) < 4.78 is 24.3. The third kappa shape index (κ3) is 19.5. The van der Waals surface area contributed by atoms with Gasteiger partial charge in [0.05, 0.1) is 24.9 Å². The number of benzene rings is 6. The number of hydrogen-bond acceptors (Lipinski definition) is 19. The molecule has 0 radical (unpaired) electrons. The van der Waals surface area contributed by atoms with Gasteiger partial charge in [0.15, 0.2) is 23.3 Å². The van der Waals surface area contributed by atoms with Crippen molar-refractivity contribution in [1.29, 1.82) is 0 Å². The number of imidazole rings is 4. The largest absolute Gasteiger partial charge is 0.497 e. The first kappa shape index (κ1) is 83.7. The topological polar surface area (TPSA) is 325 Å². The second-order valence-electron chi connectivity index (χ2n) is 30.4. The molecule has 0 bridgehead atoms. The molecular weight excluding hydrogens is 1600 g/mol. The van der Waals surface area contributed by atoms with Crippen LogP contribution in [0.1, 0.15) is 136 Å². The molecule has 18 rings (SSSR count). The molecular formula is C95H91BrN20O6. The van der Waals surface area contributed by atoms with Crippen molar-refractivity contribution >= 4 is 79.4 Å². The molecule has 4 aliphatic rings.